The Balaban J connectivity index is 1.80. The van der Waals surface area contributed by atoms with Crippen molar-refractivity contribution in [1.82, 2.24) is 10.6 Å². The third-order valence-corrected chi connectivity index (χ3v) is 3.37. The summed E-state index contributed by atoms with van der Waals surface area (Å²) in [6.07, 6.45) is 0.648. The van der Waals surface area contributed by atoms with Gasteiger partial charge in [0.1, 0.15) is 12.1 Å². The topological polar surface area (TPSA) is 67.4 Å². The summed E-state index contributed by atoms with van der Waals surface area (Å²) < 4.78 is 5.52. The molecule has 0 aliphatic carbocycles. The minimum Gasteiger partial charge on any atom is -0.374 e. The molecule has 5 heteroatoms. The van der Waals surface area contributed by atoms with Crippen molar-refractivity contribution in [2.75, 3.05) is 6.61 Å². The Labute approximate surface area is 125 Å². The molecule has 0 aromatic heterocycles. The van der Waals surface area contributed by atoms with E-state index < -0.39 is 12.1 Å². The van der Waals surface area contributed by atoms with Gasteiger partial charge in [-0.2, -0.15) is 0 Å². The molecule has 0 unspecified atom stereocenters. The Kier molecular flexibility index (Phi) is 5.33. The first kappa shape index (κ1) is 15.5. The normalized spacial score (nSPS) is 22.0. The second-order valence-corrected chi connectivity index (χ2v) is 5.75. The molecule has 1 aliphatic rings. The molecule has 0 spiro atoms. The van der Waals surface area contributed by atoms with Gasteiger partial charge in [-0.3, -0.25) is 9.59 Å². The smallest absolute Gasteiger partial charge is 0.245 e. The first-order valence-corrected chi connectivity index (χ1v) is 7.28. The first-order chi connectivity index (χ1) is 10.1. The van der Waals surface area contributed by atoms with Gasteiger partial charge in [-0.1, -0.05) is 44.2 Å². The van der Waals surface area contributed by atoms with Gasteiger partial charge >= 0.3 is 0 Å². The lowest BCUT2D eigenvalue weighted by Gasteiger charge is -2.30. The van der Waals surface area contributed by atoms with Gasteiger partial charge in [-0.05, 0) is 17.9 Å². The molecule has 2 N–H and O–H groups in total. The second-order valence-electron chi connectivity index (χ2n) is 5.75. The van der Waals surface area contributed by atoms with E-state index >= 15 is 0 Å². The number of nitrogens with one attached hydrogen (secondary N) is 2. The third kappa shape index (κ3) is 4.56. The van der Waals surface area contributed by atoms with Crippen LogP contribution in [-0.2, 0) is 20.9 Å². The van der Waals surface area contributed by atoms with E-state index in [1.54, 1.807) is 0 Å². The maximum absolute atomic E-state index is 12.0. The Morgan fingerprint density at radius 1 is 1.05 bits per heavy atom. The van der Waals surface area contributed by atoms with Crippen LogP contribution in [0, 0.1) is 5.92 Å². The molecule has 1 fully saturated rings. The SMILES string of the molecule is CC(C)C[C@@H]1NC(=O)[C@@H](COCc2ccccc2)NC1=O. The second kappa shape index (κ2) is 7.22. The molecule has 1 heterocycles. The molecule has 0 saturated carbocycles. The Morgan fingerprint density at radius 2 is 1.67 bits per heavy atom. The molecule has 1 saturated heterocycles. The highest BCUT2D eigenvalue weighted by Gasteiger charge is 2.33. The molecule has 1 aliphatic heterocycles. The van der Waals surface area contributed by atoms with Gasteiger partial charge in [-0.15, -0.1) is 0 Å². The summed E-state index contributed by atoms with van der Waals surface area (Å²) in [4.78, 5) is 23.9. The third-order valence-electron chi connectivity index (χ3n) is 3.37. The van der Waals surface area contributed by atoms with Crippen molar-refractivity contribution in [1.29, 1.82) is 0 Å². The molecule has 0 radical (unpaired) electrons. The number of benzene rings is 1. The largest absolute Gasteiger partial charge is 0.374 e. The van der Waals surface area contributed by atoms with E-state index in [-0.39, 0.29) is 18.4 Å². The van der Waals surface area contributed by atoms with Crippen LogP contribution >= 0.6 is 0 Å². The molecule has 114 valence electrons. The van der Waals surface area contributed by atoms with Crippen LogP contribution in [0.2, 0.25) is 0 Å². The predicted molar refractivity (Wildman–Crippen MR) is 79.4 cm³/mol. The van der Waals surface area contributed by atoms with Crippen LogP contribution in [0.15, 0.2) is 30.3 Å². The minimum absolute atomic E-state index is 0.128. The number of piperazine rings is 1. The van der Waals surface area contributed by atoms with Crippen LogP contribution < -0.4 is 10.6 Å². The van der Waals surface area contributed by atoms with Gasteiger partial charge in [0.05, 0.1) is 13.2 Å². The molecular formula is C16H22N2O3. The van der Waals surface area contributed by atoms with E-state index in [2.05, 4.69) is 10.6 Å². The number of amides is 2. The molecule has 1 aromatic carbocycles. The van der Waals surface area contributed by atoms with Crippen LogP contribution in [-0.4, -0.2) is 30.5 Å². The summed E-state index contributed by atoms with van der Waals surface area (Å²) in [7, 11) is 0. The van der Waals surface area contributed by atoms with Crippen LogP contribution in [0.3, 0.4) is 0 Å². The van der Waals surface area contributed by atoms with Crippen molar-refractivity contribution >= 4 is 11.8 Å². The zero-order valence-corrected chi connectivity index (χ0v) is 12.5. The average Bonchev–Trinajstić information content (AvgIpc) is 2.44. The Bertz CT molecular complexity index is 488. The fourth-order valence-corrected chi connectivity index (χ4v) is 2.30. The quantitative estimate of drug-likeness (QED) is 0.828. The molecule has 2 rings (SSSR count). The van der Waals surface area contributed by atoms with E-state index in [1.165, 1.54) is 0 Å². The zero-order chi connectivity index (χ0) is 15.2. The monoisotopic (exact) mass is 290 g/mol. The molecule has 1 aromatic rings. The number of hydrogen-bond donors (Lipinski definition) is 2. The van der Waals surface area contributed by atoms with Crippen molar-refractivity contribution in [2.24, 2.45) is 5.92 Å². The lowest BCUT2D eigenvalue weighted by molar-refractivity contribution is -0.138. The summed E-state index contributed by atoms with van der Waals surface area (Å²) in [5.41, 5.74) is 1.04. The highest BCUT2D eigenvalue weighted by atomic mass is 16.5. The molecule has 2 amide bonds. The molecule has 5 nitrogen and oxygen atoms in total. The summed E-state index contributed by atoms with van der Waals surface area (Å²) in [5.74, 6) is 0.0526. The van der Waals surface area contributed by atoms with Crippen LogP contribution in [0.25, 0.3) is 0 Å². The maximum Gasteiger partial charge on any atom is 0.245 e. The molecule has 0 bridgehead atoms. The molecular weight excluding hydrogens is 268 g/mol. The summed E-state index contributed by atoms with van der Waals surface area (Å²) >= 11 is 0. The van der Waals surface area contributed by atoms with Gasteiger partial charge in [0.15, 0.2) is 0 Å². The first-order valence-electron chi connectivity index (χ1n) is 7.28. The fourth-order valence-electron chi connectivity index (χ4n) is 2.30. The van der Waals surface area contributed by atoms with Gasteiger partial charge < -0.3 is 15.4 Å². The zero-order valence-electron chi connectivity index (χ0n) is 12.5. The number of carbonyl (C=O) groups excluding carboxylic acids is 2. The highest BCUT2D eigenvalue weighted by Crippen LogP contribution is 2.09. The number of carbonyl (C=O) groups is 2. The highest BCUT2D eigenvalue weighted by molar-refractivity contribution is 5.96. The van der Waals surface area contributed by atoms with E-state index in [0.29, 0.717) is 18.9 Å². The van der Waals surface area contributed by atoms with E-state index in [4.69, 9.17) is 4.74 Å². The number of rotatable bonds is 6. The van der Waals surface area contributed by atoms with Crippen LogP contribution in [0.5, 0.6) is 0 Å². The standard InChI is InChI=1S/C16H22N2O3/c1-11(2)8-13-15(19)18-14(16(20)17-13)10-21-9-12-6-4-3-5-7-12/h3-7,11,13-14H,8-10H2,1-2H3,(H,17,20)(H,18,19)/t13-,14+/m0/s1. The summed E-state index contributed by atoms with van der Waals surface area (Å²) in [6, 6.07) is 8.69. The predicted octanol–water partition coefficient (Wildman–Crippen LogP) is 1.23. The van der Waals surface area contributed by atoms with Crippen molar-refractivity contribution in [3.8, 4) is 0 Å². The summed E-state index contributed by atoms with van der Waals surface area (Å²) in [6.45, 7) is 4.65. The van der Waals surface area contributed by atoms with E-state index in [9.17, 15) is 9.59 Å². The number of hydrogen-bond acceptors (Lipinski definition) is 3. The van der Waals surface area contributed by atoms with Crippen LogP contribution in [0.4, 0.5) is 0 Å². The molecule has 21 heavy (non-hydrogen) atoms. The average molecular weight is 290 g/mol. The lowest BCUT2D eigenvalue weighted by Crippen LogP contribution is -2.63. The lowest BCUT2D eigenvalue weighted by atomic mass is 10.0. The van der Waals surface area contributed by atoms with Gasteiger partial charge in [0, 0.05) is 0 Å². The van der Waals surface area contributed by atoms with Crippen molar-refractivity contribution < 1.29 is 14.3 Å². The van der Waals surface area contributed by atoms with E-state index in [1.807, 2.05) is 44.2 Å². The minimum atomic E-state index is -0.607. The van der Waals surface area contributed by atoms with Crippen molar-refractivity contribution in [3.05, 3.63) is 35.9 Å². The Hall–Kier alpha value is -1.88. The van der Waals surface area contributed by atoms with Crippen molar-refractivity contribution in [2.45, 2.75) is 39.0 Å². The van der Waals surface area contributed by atoms with Crippen LogP contribution in [0.1, 0.15) is 25.8 Å². The summed E-state index contributed by atoms with van der Waals surface area (Å²) in [5, 5.41) is 5.50. The van der Waals surface area contributed by atoms with Gasteiger partial charge in [0.25, 0.3) is 0 Å². The maximum atomic E-state index is 12.0. The fraction of sp³-hybridized carbons (Fsp3) is 0.500. The Morgan fingerprint density at radius 3 is 2.33 bits per heavy atom. The van der Waals surface area contributed by atoms with Gasteiger partial charge in [0.2, 0.25) is 11.8 Å². The van der Waals surface area contributed by atoms with Gasteiger partial charge in [-0.25, -0.2) is 0 Å². The van der Waals surface area contributed by atoms with E-state index in [0.717, 1.165) is 5.56 Å². The number of ether oxygens (including phenoxy) is 1. The van der Waals surface area contributed by atoms with Crippen molar-refractivity contribution in [3.63, 3.8) is 0 Å². The molecule has 2 atom stereocenters.